The Morgan fingerprint density at radius 3 is 2.68 bits per heavy atom. The highest BCUT2D eigenvalue weighted by Crippen LogP contribution is 2.79. The third-order valence-electron chi connectivity index (χ3n) is 9.99. The summed E-state index contributed by atoms with van der Waals surface area (Å²) in [6.45, 7) is 5.75. The molecule has 8 atom stereocenters. The van der Waals surface area contributed by atoms with Crippen LogP contribution in [0.25, 0.3) is 0 Å². The van der Waals surface area contributed by atoms with Gasteiger partial charge in [-0.05, 0) is 68.9 Å². The van der Waals surface area contributed by atoms with Crippen LogP contribution in [0.5, 0.6) is 0 Å². The van der Waals surface area contributed by atoms with E-state index in [4.69, 9.17) is 0 Å². The number of ketones is 1. The van der Waals surface area contributed by atoms with Gasteiger partial charge < -0.3 is 20.2 Å². The van der Waals surface area contributed by atoms with Crippen LogP contribution in [-0.4, -0.2) is 65.5 Å². The lowest BCUT2D eigenvalue weighted by Crippen LogP contribution is -2.63. The van der Waals surface area contributed by atoms with Gasteiger partial charge in [-0.25, -0.2) is 0 Å². The summed E-state index contributed by atoms with van der Waals surface area (Å²) in [5.74, 6) is 1.14. The quantitative estimate of drug-likeness (QED) is 0.623. The Bertz CT molecular complexity index is 709. The van der Waals surface area contributed by atoms with E-state index in [1.54, 1.807) is 0 Å². The van der Waals surface area contributed by atoms with Crippen molar-refractivity contribution in [3.63, 3.8) is 0 Å². The summed E-state index contributed by atoms with van der Waals surface area (Å²) in [5.41, 5.74) is 0.0516. The molecule has 0 heterocycles. The first kappa shape index (κ1) is 19.2. The second kappa shape index (κ2) is 6.13. The maximum atomic E-state index is 14.0. The second-order valence-electron chi connectivity index (χ2n) is 10.7. The van der Waals surface area contributed by atoms with Gasteiger partial charge in [-0.15, -0.1) is 0 Å². The molecule has 156 valence electrons. The van der Waals surface area contributed by atoms with Crippen molar-refractivity contribution in [2.45, 2.75) is 51.0 Å². The monoisotopic (exact) mass is 389 g/mol. The van der Waals surface area contributed by atoms with Gasteiger partial charge >= 0.3 is 0 Å². The van der Waals surface area contributed by atoms with Crippen LogP contribution in [0.3, 0.4) is 0 Å². The Kier molecular flexibility index (Phi) is 4.21. The molecule has 8 unspecified atom stereocenters. The van der Waals surface area contributed by atoms with Gasteiger partial charge in [0.25, 0.3) is 0 Å². The number of carbonyl (C=O) groups is 1. The van der Waals surface area contributed by atoms with Gasteiger partial charge in [0.2, 0.25) is 0 Å². The number of likely N-dealkylation sites (N-methyl/N-ethyl adjacent to an activating group) is 1. The Balaban J connectivity index is 1.59. The van der Waals surface area contributed by atoms with E-state index in [-0.39, 0.29) is 53.1 Å². The maximum Gasteiger partial charge on any atom is 0.143 e. The number of rotatable bonds is 5. The zero-order valence-electron chi connectivity index (χ0n) is 17.1. The Labute approximate surface area is 167 Å². The highest BCUT2D eigenvalue weighted by atomic mass is 16.3. The number of nitrogens with zero attached hydrogens (tertiary/aromatic N) is 1. The van der Waals surface area contributed by atoms with Crippen molar-refractivity contribution < 1.29 is 20.1 Å². The Morgan fingerprint density at radius 1 is 1.18 bits per heavy atom. The minimum absolute atomic E-state index is 0.00795. The smallest absolute Gasteiger partial charge is 0.143 e. The predicted octanol–water partition coefficient (Wildman–Crippen LogP) is 1.61. The van der Waals surface area contributed by atoms with Gasteiger partial charge in [-0.2, -0.15) is 0 Å². The fourth-order valence-electron chi connectivity index (χ4n) is 9.14. The van der Waals surface area contributed by atoms with Crippen molar-refractivity contribution in [2.75, 3.05) is 33.4 Å². The molecule has 6 fully saturated rings. The van der Waals surface area contributed by atoms with Crippen LogP contribution < -0.4 is 0 Å². The Morgan fingerprint density at radius 2 is 1.96 bits per heavy atom. The highest BCUT2D eigenvalue weighted by molar-refractivity contribution is 5.93. The van der Waals surface area contributed by atoms with Crippen LogP contribution in [-0.2, 0) is 4.79 Å². The molecule has 3 N–H and O–H groups in total. The van der Waals surface area contributed by atoms with Gasteiger partial charge in [-0.1, -0.05) is 13.0 Å². The summed E-state index contributed by atoms with van der Waals surface area (Å²) in [7, 11) is 2.00. The number of hydrogen-bond acceptors (Lipinski definition) is 5. The standard InChI is InChI=1S/C23H35NO4/c1-14-15-10-16-20(28)23-6-3-5-21(13-26,12-24(2)8-9-25)17(23)4-7-22(16,19(14)27)18(23)11-15/h15-19,25-27H,1,3-13H2,2H3. The predicted molar refractivity (Wildman–Crippen MR) is 105 cm³/mol. The fourth-order valence-corrected chi connectivity index (χ4v) is 9.14. The second-order valence-corrected chi connectivity index (χ2v) is 10.7. The van der Waals surface area contributed by atoms with Crippen LogP contribution in [0.1, 0.15) is 44.9 Å². The molecule has 0 amide bonds. The molecule has 6 saturated carbocycles. The molecule has 0 aromatic heterocycles. The summed E-state index contributed by atoms with van der Waals surface area (Å²) in [6.07, 6.45) is 6.01. The largest absolute Gasteiger partial charge is 0.396 e. The SMILES string of the molecule is C=C1C2CC3C(=O)C45CCCC(CO)(CN(C)CCO)C4CCC3(C1O)C5C2. The molecule has 0 aliphatic heterocycles. The van der Waals surface area contributed by atoms with Crippen LogP contribution >= 0.6 is 0 Å². The van der Waals surface area contributed by atoms with Crippen LogP contribution in [0.4, 0.5) is 0 Å². The summed E-state index contributed by atoms with van der Waals surface area (Å²) in [5, 5.41) is 31.2. The molecule has 0 aromatic carbocycles. The first-order chi connectivity index (χ1) is 13.4. The zero-order valence-corrected chi connectivity index (χ0v) is 17.1. The highest BCUT2D eigenvalue weighted by Gasteiger charge is 2.79. The molecule has 5 heteroatoms. The first-order valence-corrected chi connectivity index (χ1v) is 11.2. The minimum atomic E-state index is -0.526. The van der Waals surface area contributed by atoms with E-state index >= 15 is 0 Å². The molecule has 6 rings (SSSR count). The molecule has 2 spiro atoms. The van der Waals surface area contributed by atoms with Crippen molar-refractivity contribution in [2.24, 2.45) is 39.9 Å². The van der Waals surface area contributed by atoms with E-state index in [1.807, 2.05) is 7.05 Å². The summed E-state index contributed by atoms with van der Waals surface area (Å²) >= 11 is 0. The molecule has 28 heavy (non-hydrogen) atoms. The van der Waals surface area contributed by atoms with Gasteiger partial charge in [0, 0.05) is 35.3 Å². The van der Waals surface area contributed by atoms with Gasteiger partial charge in [-0.3, -0.25) is 4.79 Å². The number of hydrogen-bond donors (Lipinski definition) is 3. The van der Waals surface area contributed by atoms with Gasteiger partial charge in [0.1, 0.15) is 5.78 Å². The number of Topliss-reactive ketones (excluding diaryl/α,β-unsaturated/α-hetero) is 1. The normalized spacial score (nSPS) is 51.7. The molecule has 6 aliphatic rings. The summed E-state index contributed by atoms with van der Waals surface area (Å²) in [4.78, 5) is 16.1. The van der Waals surface area contributed by atoms with E-state index in [9.17, 15) is 20.1 Å². The lowest BCUT2D eigenvalue weighted by molar-refractivity contribution is -0.184. The fraction of sp³-hybridized carbons (Fsp3) is 0.870. The van der Waals surface area contributed by atoms with Crippen LogP contribution in [0.15, 0.2) is 12.2 Å². The molecule has 5 nitrogen and oxygen atoms in total. The van der Waals surface area contributed by atoms with Gasteiger partial charge in [0.05, 0.1) is 19.3 Å². The molecule has 5 bridgehead atoms. The van der Waals surface area contributed by atoms with E-state index in [0.29, 0.717) is 12.3 Å². The minimum Gasteiger partial charge on any atom is -0.396 e. The van der Waals surface area contributed by atoms with E-state index < -0.39 is 6.10 Å². The van der Waals surface area contributed by atoms with Crippen LogP contribution in [0.2, 0.25) is 0 Å². The van der Waals surface area contributed by atoms with E-state index in [0.717, 1.165) is 57.1 Å². The van der Waals surface area contributed by atoms with Crippen LogP contribution in [0, 0.1) is 39.9 Å². The first-order valence-electron chi connectivity index (χ1n) is 11.2. The third-order valence-corrected chi connectivity index (χ3v) is 9.99. The van der Waals surface area contributed by atoms with Crippen molar-refractivity contribution >= 4 is 5.78 Å². The van der Waals surface area contributed by atoms with Gasteiger partial charge in [0.15, 0.2) is 0 Å². The van der Waals surface area contributed by atoms with Crippen molar-refractivity contribution in [3.8, 4) is 0 Å². The molecule has 0 saturated heterocycles. The van der Waals surface area contributed by atoms with E-state index in [2.05, 4.69) is 11.5 Å². The molecular formula is C23H35NO4. The van der Waals surface area contributed by atoms with E-state index in [1.165, 1.54) is 0 Å². The van der Waals surface area contributed by atoms with Crippen molar-refractivity contribution in [1.29, 1.82) is 0 Å². The topological polar surface area (TPSA) is 81.0 Å². The van der Waals surface area contributed by atoms with Crippen molar-refractivity contribution in [3.05, 3.63) is 12.2 Å². The number of aliphatic hydroxyl groups is 3. The lowest BCUT2D eigenvalue weighted by Gasteiger charge is -2.64. The molecule has 0 radical (unpaired) electrons. The molecule has 0 aromatic rings. The third kappa shape index (κ3) is 2.00. The molecular weight excluding hydrogens is 354 g/mol. The average molecular weight is 390 g/mol. The average Bonchev–Trinajstić information content (AvgIpc) is 2.79. The Hall–Kier alpha value is -0.750. The molecule has 6 aliphatic carbocycles. The zero-order chi connectivity index (χ0) is 19.9. The number of aliphatic hydroxyl groups excluding tert-OH is 3. The summed E-state index contributed by atoms with van der Waals surface area (Å²) < 4.78 is 0. The maximum absolute atomic E-state index is 14.0. The summed E-state index contributed by atoms with van der Waals surface area (Å²) in [6, 6.07) is 0. The number of fused-ring (bicyclic) bond motifs is 1. The lowest BCUT2D eigenvalue weighted by atomic mass is 9.40. The van der Waals surface area contributed by atoms with Crippen molar-refractivity contribution in [1.82, 2.24) is 4.90 Å². The number of carbonyl (C=O) groups excluding carboxylic acids is 1.